The quantitative estimate of drug-likeness (QED) is 0.912. The summed E-state index contributed by atoms with van der Waals surface area (Å²) in [4.78, 5) is 2.39. The number of rotatable bonds is 4. The van der Waals surface area contributed by atoms with Gasteiger partial charge in [-0.05, 0) is 61.3 Å². The molecule has 1 saturated heterocycles. The van der Waals surface area contributed by atoms with Crippen molar-refractivity contribution in [3.05, 3.63) is 29.8 Å². The van der Waals surface area contributed by atoms with Gasteiger partial charge in [0.2, 0.25) is 0 Å². The number of aliphatic hydroxyl groups is 1. The van der Waals surface area contributed by atoms with Crippen molar-refractivity contribution in [1.29, 1.82) is 0 Å². The molecular weight excluding hydrogens is 253 g/mol. The van der Waals surface area contributed by atoms with Crippen molar-refractivity contribution < 1.29 is 9.50 Å². The van der Waals surface area contributed by atoms with Crippen LogP contribution in [0.3, 0.4) is 0 Å². The van der Waals surface area contributed by atoms with Gasteiger partial charge in [-0.3, -0.25) is 0 Å². The fourth-order valence-corrected chi connectivity index (χ4v) is 3.42. The maximum atomic E-state index is 13.5. The summed E-state index contributed by atoms with van der Waals surface area (Å²) in [7, 11) is 0. The number of halogens is 1. The lowest BCUT2D eigenvalue weighted by atomic mass is 9.79. The molecule has 2 nitrogen and oxygen atoms in total. The van der Waals surface area contributed by atoms with Gasteiger partial charge in [-0.1, -0.05) is 12.5 Å². The van der Waals surface area contributed by atoms with Crippen LogP contribution < -0.4 is 4.90 Å². The van der Waals surface area contributed by atoms with Crippen LogP contribution in [-0.2, 0) is 0 Å². The predicted molar refractivity (Wildman–Crippen MR) is 78.8 cm³/mol. The van der Waals surface area contributed by atoms with Gasteiger partial charge < -0.3 is 10.0 Å². The summed E-state index contributed by atoms with van der Waals surface area (Å²) < 4.78 is 13.5. The molecule has 1 heterocycles. The van der Waals surface area contributed by atoms with Crippen LogP contribution in [0.25, 0.3) is 0 Å². The van der Waals surface area contributed by atoms with Crippen LogP contribution in [-0.4, -0.2) is 31.0 Å². The van der Waals surface area contributed by atoms with Gasteiger partial charge in [0.25, 0.3) is 0 Å². The number of aliphatic hydroxyl groups excluding tert-OH is 1. The highest BCUT2D eigenvalue weighted by atomic mass is 19.1. The maximum Gasteiger partial charge on any atom is 0.126 e. The van der Waals surface area contributed by atoms with E-state index in [1.165, 1.54) is 30.5 Å². The van der Waals surface area contributed by atoms with Gasteiger partial charge in [0.15, 0.2) is 0 Å². The molecule has 1 N–H and O–H groups in total. The third-order valence-electron chi connectivity index (χ3n) is 4.98. The summed E-state index contributed by atoms with van der Waals surface area (Å²) in [5, 5.41) is 8.93. The van der Waals surface area contributed by atoms with E-state index in [0.29, 0.717) is 5.92 Å². The van der Waals surface area contributed by atoms with Crippen LogP contribution in [0.5, 0.6) is 0 Å². The Morgan fingerprint density at radius 1 is 1.30 bits per heavy atom. The number of anilines is 1. The van der Waals surface area contributed by atoms with E-state index >= 15 is 0 Å². The average molecular weight is 276 g/mol. The molecule has 1 radical (unpaired) electrons. The molecule has 1 atom stereocenters. The molecule has 109 valence electrons. The van der Waals surface area contributed by atoms with Gasteiger partial charge in [-0.25, -0.2) is 4.39 Å². The van der Waals surface area contributed by atoms with E-state index in [0.717, 1.165) is 25.9 Å². The Balaban J connectivity index is 1.69. The van der Waals surface area contributed by atoms with Crippen molar-refractivity contribution >= 4 is 5.69 Å². The smallest absolute Gasteiger partial charge is 0.126 e. The number of piperidine rings is 1. The fraction of sp³-hybridized carbons (Fsp3) is 0.647. The Morgan fingerprint density at radius 3 is 2.65 bits per heavy atom. The lowest BCUT2D eigenvalue weighted by Gasteiger charge is -2.38. The monoisotopic (exact) mass is 276 g/mol. The fourth-order valence-electron chi connectivity index (χ4n) is 3.42. The third kappa shape index (κ3) is 2.69. The van der Waals surface area contributed by atoms with E-state index < -0.39 is 6.17 Å². The van der Waals surface area contributed by atoms with Crippen LogP contribution in [0.2, 0.25) is 0 Å². The molecule has 0 amide bonds. The van der Waals surface area contributed by atoms with Crippen molar-refractivity contribution in [1.82, 2.24) is 0 Å². The second kappa shape index (κ2) is 6.13. The zero-order chi connectivity index (χ0) is 13.9. The van der Waals surface area contributed by atoms with Crippen molar-refractivity contribution in [3.8, 4) is 0 Å². The third-order valence-corrected chi connectivity index (χ3v) is 4.98. The van der Waals surface area contributed by atoms with Gasteiger partial charge in [0, 0.05) is 18.8 Å². The van der Waals surface area contributed by atoms with Gasteiger partial charge in [0.1, 0.15) is 6.17 Å². The molecule has 2 fully saturated rings. The van der Waals surface area contributed by atoms with Crippen molar-refractivity contribution in [2.24, 2.45) is 5.92 Å². The van der Waals surface area contributed by atoms with E-state index in [9.17, 15) is 4.39 Å². The standard InChI is InChI=1S/C17H23FNO/c18-16(12-20)14-8-10-19(11-9-14)17-7-2-1-6-15(17)13-4-3-5-13/h2,6-7,13-14,16,20H,3-5,8-12H2/t16-/m1/s1. The van der Waals surface area contributed by atoms with E-state index in [1.807, 2.05) is 6.07 Å². The van der Waals surface area contributed by atoms with Crippen LogP contribution in [0, 0.1) is 12.0 Å². The first-order chi connectivity index (χ1) is 9.79. The molecule has 0 unspecified atom stereocenters. The first kappa shape index (κ1) is 13.9. The highest BCUT2D eigenvalue weighted by Gasteiger charge is 2.29. The highest BCUT2D eigenvalue weighted by molar-refractivity contribution is 5.55. The van der Waals surface area contributed by atoms with Gasteiger partial charge >= 0.3 is 0 Å². The van der Waals surface area contributed by atoms with E-state index in [-0.39, 0.29) is 12.5 Å². The molecule has 1 aromatic carbocycles. The molecule has 1 aromatic rings. The molecule has 1 aliphatic heterocycles. The Hall–Kier alpha value is -1.09. The zero-order valence-corrected chi connectivity index (χ0v) is 11.9. The summed E-state index contributed by atoms with van der Waals surface area (Å²) in [6.07, 6.45) is 4.54. The highest BCUT2D eigenvalue weighted by Crippen LogP contribution is 2.41. The molecule has 0 spiro atoms. The minimum absolute atomic E-state index is 0.0266. The summed E-state index contributed by atoms with van der Waals surface area (Å²) >= 11 is 0. The Bertz CT molecular complexity index is 438. The Morgan fingerprint density at radius 2 is 2.05 bits per heavy atom. The van der Waals surface area contributed by atoms with Crippen molar-refractivity contribution in [2.45, 2.75) is 44.2 Å². The van der Waals surface area contributed by atoms with Crippen molar-refractivity contribution in [3.63, 3.8) is 0 Å². The number of hydrogen-bond acceptors (Lipinski definition) is 2. The second-order valence-corrected chi connectivity index (χ2v) is 6.14. The molecular formula is C17H23FNO. The molecule has 3 heteroatoms. The summed E-state index contributed by atoms with van der Waals surface area (Å²) in [5.74, 6) is 0.727. The molecule has 20 heavy (non-hydrogen) atoms. The summed E-state index contributed by atoms with van der Waals surface area (Å²) in [5.41, 5.74) is 2.75. The van der Waals surface area contributed by atoms with Gasteiger partial charge in [0.05, 0.1) is 6.61 Å². The van der Waals surface area contributed by atoms with E-state index in [4.69, 9.17) is 5.11 Å². The first-order valence-corrected chi connectivity index (χ1v) is 7.79. The van der Waals surface area contributed by atoms with Crippen molar-refractivity contribution in [2.75, 3.05) is 24.6 Å². The van der Waals surface area contributed by atoms with Crippen LogP contribution in [0.4, 0.5) is 10.1 Å². The average Bonchev–Trinajstić information content (AvgIpc) is 2.45. The maximum absolute atomic E-state index is 13.5. The molecule has 1 saturated carbocycles. The first-order valence-electron chi connectivity index (χ1n) is 7.79. The molecule has 0 bridgehead atoms. The topological polar surface area (TPSA) is 23.5 Å². The Labute approximate surface area is 120 Å². The zero-order valence-electron chi connectivity index (χ0n) is 11.9. The van der Waals surface area contributed by atoms with Gasteiger partial charge in [-0.15, -0.1) is 0 Å². The second-order valence-electron chi connectivity index (χ2n) is 6.14. The summed E-state index contributed by atoms with van der Waals surface area (Å²) in [6, 6.07) is 9.48. The largest absolute Gasteiger partial charge is 0.393 e. The number of hydrogen-bond donors (Lipinski definition) is 1. The summed E-state index contributed by atoms with van der Waals surface area (Å²) in [6.45, 7) is 1.46. The van der Waals surface area contributed by atoms with E-state index in [2.05, 4.69) is 23.1 Å². The number of benzene rings is 1. The van der Waals surface area contributed by atoms with Crippen LogP contribution >= 0.6 is 0 Å². The lowest BCUT2D eigenvalue weighted by molar-refractivity contribution is 0.112. The minimum Gasteiger partial charge on any atom is -0.393 e. The molecule has 0 aromatic heterocycles. The molecule has 1 aliphatic carbocycles. The SMILES string of the molecule is OC[C@@H](F)C1CCN(c2cc[c]cc2C2CCC2)CC1. The van der Waals surface area contributed by atoms with Gasteiger partial charge in [-0.2, -0.15) is 0 Å². The van der Waals surface area contributed by atoms with E-state index in [1.54, 1.807) is 0 Å². The lowest BCUT2D eigenvalue weighted by Crippen LogP contribution is -2.38. The molecule has 3 rings (SSSR count). The number of alkyl halides is 1. The van der Waals surface area contributed by atoms with Crippen LogP contribution in [0.15, 0.2) is 18.2 Å². The normalized spacial score (nSPS) is 22.6. The Kier molecular flexibility index (Phi) is 4.25. The predicted octanol–water partition coefficient (Wildman–Crippen LogP) is 3.30. The number of nitrogens with zero attached hydrogens (tertiary/aromatic N) is 1. The minimum atomic E-state index is -1.05. The molecule has 2 aliphatic rings. The van der Waals surface area contributed by atoms with Crippen LogP contribution in [0.1, 0.15) is 43.6 Å².